The maximum Gasteiger partial charge on any atom is 0.345 e. The Labute approximate surface area is 107 Å². The van der Waals surface area contributed by atoms with Gasteiger partial charge in [0.05, 0.1) is 6.57 Å². The standard InChI is InChI=1S/C13H8FNO2S/c1-7-9(14)5-8(6-10(7)15-2)11-3-4-12(18-11)13(16)17/h3-6H,1H3,(H,16,17). The third-order valence-corrected chi connectivity index (χ3v) is 3.66. The smallest absolute Gasteiger partial charge is 0.345 e. The van der Waals surface area contributed by atoms with Gasteiger partial charge in [0.1, 0.15) is 10.7 Å². The quantitative estimate of drug-likeness (QED) is 0.826. The van der Waals surface area contributed by atoms with Crippen molar-refractivity contribution in [2.75, 3.05) is 0 Å². The Morgan fingerprint density at radius 3 is 2.72 bits per heavy atom. The topological polar surface area (TPSA) is 41.7 Å². The average Bonchev–Trinajstić information content (AvgIpc) is 2.82. The van der Waals surface area contributed by atoms with Gasteiger partial charge in [-0.1, -0.05) is 0 Å². The van der Waals surface area contributed by atoms with Crippen molar-refractivity contribution in [1.82, 2.24) is 0 Å². The van der Waals surface area contributed by atoms with Crippen molar-refractivity contribution < 1.29 is 14.3 Å². The average molecular weight is 261 g/mol. The number of thiophene rings is 1. The predicted octanol–water partition coefficient (Wildman–Crippen LogP) is 4.11. The molecule has 0 saturated carbocycles. The summed E-state index contributed by atoms with van der Waals surface area (Å²) in [7, 11) is 0. The molecule has 18 heavy (non-hydrogen) atoms. The van der Waals surface area contributed by atoms with Crippen LogP contribution in [0.5, 0.6) is 0 Å². The van der Waals surface area contributed by atoms with E-state index in [0.717, 1.165) is 11.3 Å². The maximum atomic E-state index is 13.6. The number of halogens is 1. The summed E-state index contributed by atoms with van der Waals surface area (Å²) in [6.45, 7) is 8.53. The summed E-state index contributed by atoms with van der Waals surface area (Å²) in [5.74, 6) is -1.46. The molecule has 0 aliphatic carbocycles. The van der Waals surface area contributed by atoms with E-state index in [1.807, 2.05) is 0 Å². The van der Waals surface area contributed by atoms with Crippen LogP contribution < -0.4 is 0 Å². The van der Waals surface area contributed by atoms with Crippen LogP contribution >= 0.6 is 11.3 Å². The first-order chi connectivity index (χ1) is 8.52. The van der Waals surface area contributed by atoms with Gasteiger partial charge in [-0.25, -0.2) is 14.0 Å². The van der Waals surface area contributed by atoms with Crippen LogP contribution in [0.3, 0.4) is 0 Å². The number of carbonyl (C=O) groups is 1. The molecule has 2 aromatic rings. The van der Waals surface area contributed by atoms with Gasteiger partial charge in [0.25, 0.3) is 0 Å². The van der Waals surface area contributed by atoms with Crippen molar-refractivity contribution in [2.45, 2.75) is 6.92 Å². The molecule has 0 amide bonds. The minimum atomic E-state index is -1.01. The highest BCUT2D eigenvalue weighted by atomic mass is 32.1. The van der Waals surface area contributed by atoms with Crippen LogP contribution in [0.4, 0.5) is 10.1 Å². The van der Waals surface area contributed by atoms with E-state index >= 15 is 0 Å². The SMILES string of the molecule is [C-]#[N+]c1cc(-c2ccc(C(=O)O)s2)cc(F)c1C. The van der Waals surface area contributed by atoms with E-state index in [2.05, 4.69) is 4.85 Å². The number of rotatable bonds is 2. The Hall–Kier alpha value is -2.19. The summed E-state index contributed by atoms with van der Waals surface area (Å²) in [4.78, 5) is 14.9. The second-order valence-corrected chi connectivity index (χ2v) is 4.77. The summed E-state index contributed by atoms with van der Waals surface area (Å²) < 4.78 is 13.6. The molecule has 1 aromatic heterocycles. The molecule has 0 fully saturated rings. The minimum absolute atomic E-state index is 0.190. The Morgan fingerprint density at radius 2 is 2.17 bits per heavy atom. The van der Waals surface area contributed by atoms with E-state index in [0.29, 0.717) is 16.0 Å². The van der Waals surface area contributed by atoms with Crippen LogP contribution in [-0.2, 0) is 0 Å². The first-order valence-electron chi connectivity index (χ1n) is 5.04. The fraction of sp³-hybridized carbons (Fsp3) is 0.0769. The molecule has 0 aliphatic rings. The normalized spacial score (nSPS) is 10.1. The first-order valence-corrected chi connectivity index (χ1v) is 5.85. The second kappa shape index (κ2) is 4.59. The Bertz CT molecular complexity index is 670. The molecule has 2 rings (SSSR count). The zero-order valence-electron chi connectivity index (χ0n) is 9.40. The molecule has 90 valence electrons. The molecule has 0 atom stereocenters. The number of carboxylic acid groups (broad SMARTS) is 1. The van der Waals surface area contributed by atoms with Gasteiger partial charge >= 0.3 is 5.97 Å². The lowest BCUT2D eigenvalue weighted by molar-refractivity contribution is 0.0702. The van der Waals surface area contributed by atoms with Crippen LogP contribution in [-0.4, -0.2) is 11.1 Å². The third-order valence-electron chi connectivity index (χ3n) is 2.54. The van der Waals surface area contributed by atoms with E-state index < -0.39 is 11.8 Å². The lowest BCUT2D eigenvalue weighted by atomic mass is 10.1. The summed E-state index contributed by atoms with van der Waals surface area (Å²) in [5, 5.41) is 8.83. The summed E-state index contributed by atoms with van der Waals surface area (Å²) in [6, 6.07) is 5.98. The third kappa shape index (κ3) is 2.11. The van der Waals surface area contributed by atoms with Crippen LogP contribution in [0.15, 0.2) is 24.3 Å². The number of benzene rings is 1. The summed E-state index contributed by atoms with van der Waals surface area (Å²) in [5.41, 5.74) is 1.08. The zero-order chi connectivity index (χ0) is 13.3. The number of carboxylic acids is 1. The molecule has 5 heteroatoms. The van der Waals surface area contributed by atoms with Gasteiger partial charge in [-0.3, -0.25) is 0 Å². The monoisotopic (exact) mass is 261 g/mol. The lowest BCUT2D eigenvalue weighted by Crippen LogP contribution is -1.89. The Balaban J connectivity index is 2.54. The van der Waals surface area contributed by atoms with Crippen LogP contribution in [0, 0.1) is 19.3 Å². The number of hydrogen-bond acceptors (Lipinski definition) is 2. The van der Waals surface area contributed by atoms with Crippen molar-refractivity contribution >= 4 is 23.0 Å². The maximum absolute atomic E-state index is 13.6. The number of hydrogen-bond donors (Lipinski definition) is 1. The van der Waals surface area contributed by atoms with Gasteiger partial charge in [0.15, 0.2) is 5.69 Å². The molecule has 0 saturated heterocycles. The highest BCUT2D eigenvalue weighted by Crippen LogP contribution is 2.33. The van der Waals surface area contributed by atoms with E-state index in [9.17, 15) is 9.18 Å². The largest absolute Gasteiger partial charge is 0.477 e. The van der Waals surface area contributed by atoms with Crippen molar-refractivity contribution in [1.29, 1.82) is 0 Å². The van der Waals surface area contributed by atoms with Gasteiger partial charge in [0.2, 0.25) is 0 Å². The summed E-state index contributed by atoms with van der Waals surface area (Å²) in [6.07, 6.45) is 0. The van der Waals surface area contributed by atoms with Gasteiger partial charge in [-0.2, -0.15) is 0 Å². The molecule has 0 bridgehead atoms. The number of aromatic carboxylic acids is 1. The summed E-state index contributed by atoms with van der Waals surface area (Å²) >= 11 is 1.06. The highest BCUT2D eigenvalue weighted by molar-refractivity contribution is 7.17. The van der Waals surface area contributed by atoms with Crippen LogP contribution in [0.2, 0.25) is 0 Å². The van der Waals surface area contributed by atoms with Crippen molar-refractivity contribution in [3.8, 4) is 10.4 Å². The molecule has 0 unspecified atom stereocenters. The molecule has 1 heterocycles. The molecular formula is C13H8FNO2S. The molecule has 0 spiro atoms. The van der Waals surface area contributed by atoms with E-state index in [-0.39, 0.29) is 10.6 Å². The van der Waals surface area contributed by atoms with Gasteiger partial charge in [0, 0.05) is 4.88 Å². The molecule has 0 radical (unpaired) electrons. The Morgan fingerprint density at radius 1 is 1.44 bits per heavy atom. The second-order valence-electron chi connectivity index (χ2n) is 3.68. The predicted molar refractivity (Wildman–Crippen MR) is 67.7 cm³/mol. The van der Waals surface area contributed by atoms with E-state index in [4.69, 9.17) is 11.7 Å². The minimum Gasteiger partial charge on any atom is -0.477 e. The fourth-order valence-corrected chi connectivity index (χ4v) is 2.36. The van der Waals surface area contributed by atoms with Crippen molar-refractivity contribution in [3.05, 3.63) is 51.9 Å². The van der Waals surface area contributed by atoms with E-state index in [1.54, 1.807) is 19.1 Å². The zero-order valence-corrected chi connectivity index (χ0v) is 10.2. The molecule has 0 aliphatic heterocycles. The van der Waals surface area contributed by atoms with E-state index in [1.165, 1.54) is 12.1 Å². The van der Waals surface area contributed by atoms with Crippen LogP contribution in [0.1, 0.15) is 15.2 Å². The van der Waals surface area contributed by atoms with Crippen LogP contribution in [0.25, 0.3) is 15.3 Å². The van der Waals surface area contributed by atoms with Gasteiger partial charge in [-0.15, -0.1) is 11.3 Å². The van der Waals surface area contributed by atoms with Gasteiger partial charge in [-0.05, 0) is 42.3 Å². The molecule has 1 N–H and O–H groups in total. The Kier molecular flexibility index (Phi) is 3.13. The molecular weight excluding hydrogens is 253 g/mol. The molecule has 3 nitrogen and oxygen atoms in total. The molecule has 1 aromatic carbocycles. The highest BCUT2D eigenvalue weighted by Gasteiger charge is 2.12. The van der Waals surface area contributed by atoms with Crippen molar-refractivity contribution in [2.24, 2.45) is 0 Å². The van der Waals surface area contributed by atoms with Gasteiger partial charge < -0.3 is 5.11 Å². The first kappa shape index (κ1) is 12.3. The fourth-order valence-electron chi connectivity index (χ4n) is 1.53. The van der Waals surface area contributed by atoms with Crippen molar-refractivity contribution in [3.63, 3.8) is 0 Å². The lowest BCUT2D eigenvalue weighted by Gasteiger charge is -2.03. The number of nitrogens with zero attached hydrogens (tertiary/aromatic N) is 1.